The molecular formula is C22H37N3O. The molecule has 146 valence electrons. The quantitative estimate of drug-likeness (QED) is 0.661. The van der Waals surface area contributed by atoms with Gasteiger partial charge in [-0.3, -0.25) is 4.68 Å². The molecule has 0 aliphatic rings. The largest absolute Gasteiger partial charge is 0.445 e. The van der Waals surface area contributed by atoms with Crippen LogP contribution in [-0.4, -0.2) is 14.8 Å². The van der Waals surface area contributed by atoms with Gasteiger partial charge in [-0.05, 0) is 37.7 Å². The van der Waals surface area contributed by atoms with Gasteiger partial charge in [0.05, 0.1) is 17.9 Å². The zero-order valence-corrected chi connectivity index (χ0v) is 18.4. The minimum Gasteiger partial charge on any atom is -0.445 e. The van der Waals surface area contributed by atoms with E-state index in [-0.39, 0.29) is 21.8 Å². The van der Waals surface area contributed by atoms with Gasteiger partial charge in [0.2, 0.25) is 0 Å². The molecule has 26 heavy (non-hydrogen) atoms. The molecule has 0 bridgehead atoms. The van der Waals surface area contributed by atoms with Crippen LogP contribution in [-0.2, 0) is 21.8 Å². The molecule has 0 spiro atoms. The fourth-order valence-electron chi connectivity index (χ4n) is 2.81. The number of aromatic nitrogens is 3. The molecule has 4 nitrogen and oxygen atoms in total. The monoisotopic (exact) mass is 359 g/mol. The van der Waals surface area contributed by atoms with Gasteiger partial charge in [0.15, 0.2) is 5.89 Å². The first-order chi connectivity index (χ1) is 11.6. The van der Waals surface area contributed by atoms with Crippen LogP contribution in [0.4, 0.5) is 0 Å². The Morgan fingerprint density at radius 1 is 0.846 bits per heavy atom. The van der Waals surface area contributed by atoms with Crippen LogP contribution in [0.5, 0.6) is 0 Å². The van der Waals surface area contributed by atoms with Gasteiger partial charge in [0.25, 0.3) is 0 Å². The van der Waals surface area contributed by atoms with Gasteiger partial charge in [-0.15, -0.1) is 0 Å². The number of hydrogen-bond acceptors (Lipinski definition) is 3. The van der Waals surface area contributed by atoms with E-state index in [4.69, 9.17) is 4.42 Å². The normalized spacial score (nSPS) is 14.1. The van der Waals surface area contributed by atoms with Crippen molar-refractivity contribution < 1.29 is 4.42 Å². The molecule has 0 unspecified atom stereocenters. The Hall–Kier alpha value is -1.58. The van der Waals surface area contributed by atoms with Crippen molar-refractivity contribution in [2.45, 2.75) is 104 Å². The Bertz CT molecular complexity index is 672. The van der Waals surface area contributed by atoms with Gasteiger partial charge in [-0.25, -0.2) is 4.98 Å². The predicted octanol–water partition coefficient (Wildman–Crippen LogP) is 5.96. The third-order valence-electron chi connectivity index (χ3n) is 5.25. The number of nitrogens with zero attached hydrogens (tertiary/aromatic N) is 3. The average molecular weight is 360 g/mol. The number of hydrogen-bond donors (Lipinski definition) is 0. The highest BCUT2D eigenvalue weighted by Crippen LogP contribution is 2.35. The average Bonchev–Trinajstić information content (AvgIpc) is 3.13. The van der Waals surface area contributed by atoms with E-state index in [1.54, 1.807) is 0 Å². The highest BCUT2D eigenvalue weighted by Gasteiger charge is 2.32. The Kier molecular flexibility index (Phi) is 5.22. The molecule has 0 saturated heterocycles. The third-order valence-corrected chi connectivity index (χ3v) is 5.25. The summed E-state index contributed by atoms with van der Waals surface area (Å²) in [4.78, 5) is 4.58. The first-order valence-electron chi connectivity index (χ1n) is 9.65. The minimum absolute atomic E-state index is 0.0149. The van der Waals surface area contributed by atoms with Crippen molar-refractivity contribution in [1.29, 1.82) is 0 Å². The van der Waals surface area contributed by atoms with E-state index in [0.29, 0.717) is 0 Å². The molecule has 2 aromatic rings. The summed E-state index contributed by atoms with van der Waals surface area (Å²) in [6, 6.07) is 0. The van der Waals surface area contributed by atoms with Gasteiger partial charge >= 0.3 is 0 Å². The first kappa shape index (κ1) is 20.7. The van der Waals surface area contributed by atoms with E-state index in [1.807, 2.05) is 12.4 Å². The molecule has 0 fully saturated rings. The van der Waals surface area contributed by atoms with Gasteiger partial charge in [0.1, 0.15) is 5.76 Å². The van der Waals surface area contributed by atoms with Crippen molar-refractivity contribution in [1.82, 2.24) is 14.8 Å². The summed E-state index contributed by atoms with van der Waals surface area (Å²) in [7, 11) is 0. The lowest BCUT2D eigenvalue weighted by atomic mass is 9.82. The standard InChI is InChI=1S/C22H37N3O/c1-19(2,3)16-13-24-25(15-16)22(9,10)12-11-21(7,8)18-23-14-17(26-18)20(4,5)6/h13-15H,11-12H2,1-10H3. The summed E-state index contributed by atoms with van der Waals surface area (Å²) < 4.78 is 8.21. The van der Waals surface area contributed by atoms with Crippen molar-refractivity contribution in [3.8, 4) is 0 Å². The summed E-state index contributed by atoms with van der Waals surface area (Å²) in [6.07, 6.45) is 8.05. The molecule has 0 aliphatic heterocycles. The second-order valence-electron chi connectivity index (χ2n) is 10.9. The topological polar surface area (TPSA) is 43.9 Å². The molecule has 0 radical (unpaired) electrons. The fraction of sp³-hybridized carbons (Fsp3) is 0.727. The molecule has 0 aromatic carbocycles. The first-order valence-corrected chi connectivity index (χ1v) is 9.65. The lowest BCUT2D eigenvalue weighted by molar-refractivity contribution is 0.237. The molecule has 2 aromatic heterocycles. The molecule has 0 N–H and O–H groups in total. The zero-order chi connectivity index (χ0) is 20.0. The van der Waals surface area contributed by atoms with Gasteiger partial charge in [-0.2, -0.15) is 5.10 Å². The lowest BCUT2D eigenvalue weighted by Gasteiger charge is -2.30. The lowest BCUT2D eigenvalue weighted by Crippen LogP contribution is -2.30. The Morgan fingerprint density at radius 2 is 1.46 bits per heavy atom. The van der Waals surface area contributed by atoms with Gasteiger partial charge in [-0.1, -0.05) is 55.4 Å². The van der Waals surface area contributed by atoms with Crippen molar-refractivity contribution in [3.63, 3.8) is 0 Å². The second kappa shape index (κ2) is 6.54. The maximum Gasteiger partial charge on any atom is 0.200 e. The Morgan fingerprint density at radius 3 is 1.92 bits per heavy atom. The Labute approximate surface area is 159 Å². The summed E-state index contributed by atoms with van der Waals surface area (Å²) in [5, 5.41) is 4.64. The van der Waals surface area contributed by atoms with Crippen LogP contribution < -0.4 is 0 Å². The SMILES string of the molecule is CC(C)(C)c1cnn(C(C)(C)CCC(C)(C)c2ncc(C(C)(C)C)o2)c1. The third kappa shape index (κ3) is 4.57. The van der Waals surface area contributed by atoms with Crippen LogP contribution in [0.15, 0.2) is 23.0 Å². The van der Waals surface area contributed by atoms with Gasteiger partial charge in [0, 0.05) is 17.0 Å². The summed E-state index contributed by atoms with van der Waals surface area (Å²) in [5.74, 6) is 1.77. The highest BCUT2D eigenvalue weighted by atomic mass is 16.4. The van der Waals surface area contributed by atoms with Crippen LogP contribution in [0.25, 0.3) is 0 Å². The van der Waals surface area contributed by atoms with Crippen LogP contribution >= 0.6 is 0 Å². The van der Waals surface area contributed by atoms with E-state index in [2.05, 4.69) is 90.2 Å². The van der Waals surface area contributed by atoms with Gasteiger partial charge < -0.3 is 4.42 Å². The predicted molar refractivity (Wildman–Crippen MR) is 108 cm³/mol. The highest BCUT2D eigenvalue weighted by molar-refractivity contribution is 5.16. The molecule has 4 heteroatoms. The summed E-state index contributed by atoms with van der Waals surface area (Å²) in [5.41, 5.74) is 1.21. The van der Waals surface area contributed by atoms with Crippen molar-refractivity contribution in [2.75, 3.05) is 0 Å². The van der Waals surface area contributed by atoms with E-state index in [9.17, 15) is 0 Å². The van der Waals surface area contributed by atoms with Crippen LogP contribution in [0, 0.1) is 0 Å². The number of oxazole rings is 1. The smallest absolute Gasteiger partial charge is 0.200 e. The zero-order valence-electron chi connectivity index (χ0n) is 18.4. The van der Waals surface area contributed by atoms with Crippen LogP contribution in [0.3, 0.4) is 0 Å². The minimum atomic E-state index is -0.110. The molecule has 2 rings (SSSR count). The molecule has 0 atom stereocenters. The van der Waals surface area contributed by atoms with Crippen molar-refractivity contribution in [3.05, 3.63) is 35.8 Å². The molecule has 0 amide bonds. The van der Waals surface area contributed by atoms with Crippen molar-refractivity contribution >= 4 is 0 Å². The Balaban J connectivity index is 2.12. The van der Waals surface area contributed by atoms with E-state index in [1.165, 1.54) is 5.56 Å². The molecule has 0 saturated carbocycles. The van der Waals surface area contributed by atoms with E-state index >= 15 is 0 Å². The van der Waals surface area contributed by atoms with Crippen LogP contribution in [0.1, 0.15) is 99.3 Å². The molecule has 0 aliphatic carbocycles. The maximum absolute atomic E-state index is 6.10. The molecule has 2 heterocycles. The molecular weight excluding hydrogens is 322 g/mol. The van der Waals surface area contributed by atoms with E-state index in [0.717, 1.165) is 24.5 Å². The maximum atomic E-state index is 6.10. The van der Waals surface area contributed by atoms with E-state index < -0.39 is 0 Å². The summed E-state index contributed by atoms with van der Waals surface area (Å²) >= 11 is 0. The van der Waals surface area contributed by atoms with Crippen LogP contribution in [0.2, 0.25) is 0 Å². The van der Waals surface area contributed by atoms with Crippen molar-refractivity contribution in [2.24, 2.45) is 0 Å². The summed E-state index contributed by atoms with van der Waals surface area (Å²) in [6.45, 7) is 22.0. The second-order valence-corrected chi connectivity index (χ2v) is 10.9. The number of rotatable bonds is 5. The fourth-order valence-corrected chi connectivity index (χ4v) is 2.81.